The van der Waals surface area contributed by atoms with Gasteiger partial charge in [0.05, 0.1) is 24.2 Å². The molecule has 2 fully saturated rings. The Hall–Kier alpha value is -2.12. The average molecular weight is 358 g/mol. The summed E-state index contributed by atoms with van der Waals surface area (Å²) in [6.45, 7) is 4.41. The number of carbonyl (C=O) groups is 1. The lowest BCUT2D eigenvalue weighted by atomic mass is 10.1. The number of fused-ring (bicyclic) bond motifs is 1. The Morgan fingerprint density at radius 3 is 2.42 bits per heavy atom. The highest BCUT2D eigenvalue weighted by atomic mass is 16.5. The smallest absolute Gasteiger partial charge is 0.329 e. The lowest BCUT2D eigenvalue weighted by Crippen LogP contribution is -2.43. The van der Waals surface area contributed by atoms with Crippen LogP contribution in [0.5, 0.6) is 0 Å². The Morgan fingerprint density at radius 1 is 1.08 bits per heavy atom. The molecule has 4 rings (SSSR count). The summed E-state index contributed by atoms with van der Waals surface area (Å²) in [6, 6.07) is 8.01. The van der Waals surface area contributed by atoms with Gasteiger partial charge < -0.3 is 14.5 Å². The molecule has 0 radical (unpaired) electrons. The number of imidazole rings is 1. The lowest BCUT2D eigenvalue weighted by Gasteiger charge is -2.29. The number of morpholine rings is 1. The van der Waals surface area contributed by atoms with Crippen LogP contribution in [0, 0.1) is 0 Å². The van der Waals surface area contributed by atoms with Gasteiger partial charge in [0.1, 0.15) is 6.54 Å². The number of likely N-dealkylation sites (tertiary alicyclic amines) is 1. The molecule has 2 aliphatic heterocycles. The van der Waals surface area contributed by atoms with E-state index in [-0.39, 0.29) is 24.2 Å². The molecule has 3 heterocycles. The Balaban J connectivity index is 1.67. The van der Waals surface area contributed by atoms with Gasteiger partial charge in [-0.1, -0.05) is 12.1 Å². The van der Waals surface area contributed by atoms with E-state index in [9.17, 15) is 9.59 Å². The van der Waals surface area contributed by atoms with Gasteiger partial charge in [0.15, 0.2) is 0 Å². The van der Waals surface area contributed by atoms with E-state index in [1.54, 1.807) is 9.47 Å². The number of aromatic nitrogens is 2. The molecule has 0 N–H and O–H groups in total. The molecule has 0 saturated carbocycles. The zero-order chi connectivity index (χ0) is 18.1. The molecule has 0 aliphatic carbocycles. The van der Waals surface area contributed by atoms with Crippen LogP contribution in [-0.4, -0.2) is 71.3 Å². The van der Waals surface area contributed by atoms with Crippen LogP contribution in [0.4, 0.5) is 0 Å². The minimum absolute atomic E-state index is 0.0123. The zero-order valence-electron chi connectivity index (χ0n) is 15.3. The van der Waals surface area contributed by atoms with Crippen LogP contribution in [0.25, 0.3) is 11.0 Å². The number of rotatable bonds is 3. The van der Waals surface area contributed by atoms with Crippen molar-refractivity contribution in [1.82, 2.24) is 18.9 Å². The Labute approximate surface area is 152 Å². The standard InChI is InChI=1S/C19H26N4O3/c1-20-8-6-15(7-9-20)23-17-5-3-2-4-16(17)22(19(23)25)14-18(24)21-10-12-26-13-11-21/h2-5,15H,6-14H2,1H3. The van der Waals surface area contributed by atoms with Crippen LogP contribution >= 0.6 is 0 Å². The zero-order valence-corrected chi connectivity index (χ0v) is 15.3. The van der Waals surface area contributed by atoms with Gasteiger partial charge in [-0.05, 0) is 45.1 Å². The second-order valence-electron chi connectivity index (χ2n) is 7.26. The van der Waals surface area contributed by atoms with E-state index in [2.05, 4.69) is 11.9 Å². The molecule has 2 aliphatic rings. The quantitative estimate of drug-likeness (QED) is 0.819. The summed E-state index contributed by atoms with van der Waals surface area (Å²) in [5, 5.41) is 0. The maximum absolute atomic E-state index is 13.2. The van der Waals surface area contributed by atoms with E-state index in [0.29, 0.717) is 26.3 Å². The van der Waals surface area contributed by atoms with Gasteiger partial charge in [-0.2, -0.15) is 0 Å². The van der Waals surface area contributed by atoms with Crippen molar-refractivity contribution in [3.8, 4) is 0 Å². The number of para-hydroxylation sites is 2. The maximum Gasteiger partial charge on any atom is 0.329 e. The molecule has 26 heavy (non-hydrogen) atoms. The van der Waals surface area contributed by atoms with Crippen LogP contribution in [-0.2, 0) is 16.1 Å². The van der Waals surface area contributed by atoms with Crippen molar-refractivity contribution in [3.63, 3.8) is 0 Å². The maximum atomic E-state index is 13.2. The highest BCUT2D eigenvalue weighted by Gasteiger charge is 2.25. The van der Waals surface area contributed by atoms with Crippen molar-refractivity contribution < 1.29 is 9.53 Å². The number of ether oxygens (including phenoxy) is 1. The van der Waals surface area contributed by atoms with Crippen LogP contribution in [0.2, 0.25) is 0 Å². The van der Waals surface area contributed by atoms with Crippen molar-refractivity contribution in [1.29, 1.82) is 0 Å². The van der Waals surface area contributed by atoms with Gasteiger partial charge in [-0.25, -0.2) is 4.79 Å². The van der Waals surface area contributed by atoms with E-state index in [0.717, 1.165) is 37.0 Å². The van der Waals surface area contributed by atoms with Gasteiger partial charge in [-0.3, -0.25) is 13.9 Å². The van der Waals surface area contributed by atoms with Gasteiger partial charge in [0, 0.05) is 19.1 Å². The van der Waals surface area contributed by atoms with Crippen LogP contribution < -0.4 is 5.69 Å². The fraction of sp³-hybridized carbons (Fsp3) is 0.579. The monoisotopic (exact) mass is 358 g/mol. The number of benzene rings is 1. The summed E-state index contributed by atoms with van der Waals surface area (Å²) < 4.78 is 8.87. The molecule has 0 unspecified atom stereocenters. The molecule has 0 atom stereocenters. The largest absolute Gasteiger partial charge is 0.378 e. The van der Waals surface area contributed by atoms with E-state index in [1.165, 1.54) is 0 Å². The lowest BCUT2D eigenvalue weighted by molar-refractivity contribution is -0.135. The summed E-state index contributed by atoms with van der Waals surface area (Å²) in [6.07, 6.45) is 1.92. The van der Waals surface area contributed by atoms with Crippen LogP contribution in [0.1, 0.15) is 18.9 Å². The summed E-state index contributed by atoms with van der Waals surface area (Å²) in [5.41, 5.74) is 1.71. The first-order valence-electron chi connectivity index (χ1n) is 9.39. The molecule has 140 valence electrons. The first kappa shape index (κ1) is 17.3. The average Bonchev–Trinajstić information content (AvgIpc) is 2.95. The normalized spacial score (nSPS) is 20.0. The third-order valence-electron chi connectivity index (χ3n) is 5.58. The second-order valence-corrected chi connectivity index (χ2v) is 7.26. The van der Waals surface area contributed by atoms with Crippen molar-refractivity contribution >= 4 is 16.9 Å². The Morgan fingerprint density at radius 2 is 1.73 bits per heavy atom. The number of carbonyl (C=O) groups excluding carboxylic acids is 1. The number of hydrogen-bond donors (Lipinski definition) is 0. The Bertz CT molecular complexity index is 842. The molecule has 0 spiro atoms. The van der Waals surface area contributed by atoms with Crippen molar-refractivity contribution in [2.24, 2.45) is 0 Å². The van der Waals surface area contributed by atoms with E-state index in [4.69, 9.17) is 4.74 Å². The number of piperidine rings is 1. The third kappa shape index (κ3) is 3.17. The molecule has 1 aromatic carbocycles. The highest BCUT2D eigenvalue weighted by molar-refractivity contribution is 5.81. The molecule has 1 amide bonds. The molecule has 1 aromatic heterocycles. The Kier molecular flexibility index (Phi) is 4.82. The molecular weight excluding hydrogens is 332 g/mol. The summed E-state index contributed by atoms with van der Waals surface area (Å²) >= 11 is 0. The van der Waals surface area contributed by atoms with Crippen molar-refractivity contribution in [2.75, 3.05) is 46.4 Å². The number of hydrogen-bond acceptors (Lipinski definition) is 4. The minimum Gasteiger partial charge on any atom is -0.378 e. The first-order valence-corrected chi connectivity index (χ1v) is 9.39. The summed E-state index contributed by atoms with van der Waals surface area (Å²) in [5.74, 6) is -0.0123. The molecule has 2 aromatic rings. The van der Waals surface area contributed by atoms with Crippen LogP contribution in [0.15, 0.2) is 29.1 Å². The van der Waals surface area contributed by atoms with Crippen molar-refractivity contribution in [2.45, 2.75) is 25.4 Å². The van der Waals surface area contributed by atoms with Gasteiger partial charge in [-0.15, -0.1) is 0 Å². The SMILES string of the molecule is CN1CCC(n2c(=O)n(CC(=O)N3CCOCC3)c3ccccc32)CC1. The number of nitrogens with zero attached hydrogens (tertiary/aromatic N) is 4. The topological polar surface area (TPSA) is 59.7 Å². The summed E-state index contributed by atoms with van der Waals surface area (Å²) in [4.78, 5) is 30.0. The molecule has 2 saturated heterocycles. The predicted molar refractivity (Wildman–Crippen MR) is 99.4 cm³/mol. The van der Waals surface area contributed by atoms with Crippen LogP contribution in [0.3, 0.4) is 0 Å². The number of amides is 1. The first-order chi connectivity index (χ1) is 12.6. The van der Waals surface area contributed by atoms with Gasteiger partial charge in [0.2, 0.25) is 5.91 Å². The highest BCUT2D eigenvalue weighted by Crippen LogP contribution is 2.25. The molecule has 0 bridgehead atoms. The second kappa shape index (κ2) is 7.25. The minimum atomic E-state index is -0.0673. The van der Waals surface area contributed by atoms with Gasteiger partial charge >= 0.3 is 5.69 Å². The van der Waals surface area contributed by atoms with Crippen molar-refractivity contribution in [3.05, 3.63) is 34.7 Å². The molecule has 7 nitrogen and oxygen atoms in total. The van der Waals surface area contributed by atoms with E-state index >= 15 is 0 Å². The molecule has 7 heteroatoms. The molecular formula is C19H26N4O3. The van der Waals surface area contributed by atoms with E-state index < -0.39 is 0 Å². The summed E-state index contributed by atoms with van der Waals surface area (Å²) in [7, 11) is 2.11. The predicted octanol–water partition coefficient (Wildman–Crippen LogP) is 0.929. The van der Waals surface area contributed by atoms with Gasteiger partial charge in [0.25, 0.3) is 0 Å². The fourth-order valence-corrected chi connectivity index (χ4v) is 4.04. The van der Waals surface area contributed by atoms with E-state index in [1.807, 2.05) is 28.8 Å². The third-order valence-corrected chi connectivity index (χ3v) is 5.58. The fourth-order valence-electron chi connectivity index (χ4n) is 4.04.